The second-order valence-electron chi connectivity index (χ2n) is 5.44. The summed E-state index contributed by atoms with van der Waals surface area (Å²) in [6, 6.07) is 1.92. The van der Waals surface area contributed by atoms with Gasteiger partial charge in [-0.1, -0.05) is 6.92 Å². The first-order valence-electron chi connectivity index (χ1n) is 7.50. The summed E-state index contributed by atoms with van der Waals surface area (Å²) >= 11 is 1.19. The van der Waals surface area contributed by atoms with Crippen molar-refractivity contribution in [3.8, 4) is 0 Å². The number of hydrogen-bond donors (Lipinski definition) is 2. The van der Waals surface area contributed by atoms with Gasteiger partial charge in [-0.15, -0.1) is 11.3 Å². The molecule has 124 valence electrons. The van der Waals surface area contributed by atoms with E-state index < -0.39 is 12.1 Å². The lowest BCUT2D eigenvalue weighted by Crippen LogP contribution is -2.36. The van der Waals surface area contributed by atoms with Gasteiger partial charge in [-0.25, -0.2) is 9.78 Å². The number of nitrogens with zero attached hydrogens (tertiary/aromatic N) is 1. The molecule has 0 aromatic carbocycles. The van der Waals surface area contributed by atoms with Crippen LogP contribution in [-0.2, 0) is 9.53 Å². The number of amides is 1. The monoisotopic (exact) mass is 335 g/mol. The van der Waals surface area contributed by atoms with Gasteiger partial charge in [0.25, 0.3) is 5.91 Å². The zero-order valence-corrected chi connectivity index (χ0v) is 14.5. The molecule has 2 aromatic heterocycles. The number of thiophene rings is 1. The molecule has 23 heavy (non-hydrogen) atoms. The van der Waals surface area contributed by atoms with Gasteiger partial charge < -0.3 is 15.8 Å². The molecule has 0 aliphatic rings. The van der Waals surface area contributed by atoms with Crippen molar-refractivity contribution >= 4 is 39.1 Å². The molecule has 6 nitrogen and oxygen atoms in total. The molecule has 0 spiro atoms. The Labute approximate surface area is 139 Å². The van der Waals surface area contributed by atoms with Crippen LogP contribution in [0, 0.1) is 13.8 Å². The molecule has 2 aromatic rings. The van der Waals surface area contributed by atoms with Gasteiger partial charge >= 0.3 is 5.97 Å². The Balaban J connectivity index is 2.23. The van der Waals surface area contributed by atoms with E-state index in [1.54, 1.807) is 6.92 Å². The number of ether oxygens (including phenoxy) is 1. The van der Waals surface area contributed by atoms with Crippen molar-refractivity contribution < 1.29 is 14.3 Å². The van der Waals surface area contributed by atoms with E-state index in [1.807, 2.05) is 26.8 Å². The normalized spacial score (nSPS) is 12.2. The van der Waals surface area contributed by atoms with E-state index in [4.69, 9.17) is 10.5 Å². The minimum absolute atomic E-state index is 0.288. The highest BCUT2D eigenvalue weighted by Gasteiger charge is 2.24. The second-order valence-corrected chi connectivity index (χ2v) is 6.44. The lowest BCUT2D eigenvalue weighted by atomic mass is 10.1. The predicted molar refractivity (Wildman–Crippen MR) is 91.7 cm³/mol. The zero-order chi connectivity index (χ0) is 17.1. The van der Waals surface area contributed by atoms with Crippen molar-refractivity contribution in [3.63, 3.8) is 0 Å². The quantitative estimate of drug-likeness (QED) is 0.819. The number of carbonyl (C=O) groups is 2. The Kier molecular flexibility index (Phi) is 5.20. The molecule has 0 fully saturated rings. The molecule has 3 N–H and O–H groups in total. The summed E-state index contributed by atoms with van der Waals surface area (Å²) in [7, 11) is 0. The summed E-state index contributed by atoms with van der Waals surface area (Å²) in [5.74, 6) is -0.910. The highest BCUT2D eigenvalue weighted by atomic mass is 32.1. The second kappa shape index (κ2) is 6.95. The molecule has 1 amide bonds. The van der Waals surface area contributed by atoms with Crippen LogP contribution in [0.15, 0.2) is 6.07 Å². The third-order valence-electron chi connectivity index (χ3n) is 3.41. The minimum Gasteiger partial charge on any atom is -0.448 e. The number of fused-ring (bicyclic) bond motifs is 1. The topological polar surface area (TPSA) is 94.3 Å². The van der Waals surface area contributed by atoms with Crippen molar-refractivity contribution in [2.75, 3.05) is 12.3 Å². The van der Waals surface area contributed by atoms with Crippen LogP contribution in [0.25, 0.3) is 10.2 Å². The summed E-state index contributed by atoms with van der Waals surface area (Å²) in [6.07, 6.45) is -0.0468. The number of aryl methyl sites for hydroxylation is 2. The van der Waals surface area contributed by atoms with E-state index in [9.17, 15) is 9.59 Å². The highest BCUT2D eigenvalue weighted by molar-refractivity contribution is 7.21. The predicted octanol–water partition coefficient (Wildman–Crippen LogP) is 2.57. The van der Waals surface area contributed by atoms with Gasteiger partial charge in [0, 0.05) is 17.6 Å². The van der Waals surface area contributed by atoms with E-state index >= 15 is 0 Å². The first kappa shape index (κ1) is 17.2. The van der Waals surface area contributed by atoms with Crippen molar-refractivity contribution in [1.29, 1.82) is 0 Å². The maximum Gasteiger partial charge on any atom is 0.351 e. The molecular weight excluding hydrogens is 314 g/mol. The molecule has 0 bridgehead atoms. The van der Waals surface area contributed by atoms with E-state index in [2.05, 4.69) is 10.3 Å². The molecule has 7 heteroatoms. The maximum atomic E-state index is 12.3. The third-order valence-corrected chi connectivity index (χ3v) is 4.49. The number of esters is 1. The number of pyridine rings is 1. The van der Waals surface area contributed by atoms with Gasteiger partial charge in [0.05, 0.1) is 5.69 Å². The first-order valence-corrected chi connectivity index (χ1v) is 8.31. The number of carbonyl (C=O) groups excluding carboxylic acids is 2. The lowest BCUT2D eigenvalue weighted by molar-refractivity contribution is -0.129. The summed E-state index contributed by atoms with van der Waals surface area (Å²) in [5, 5.41) is 3.46. The molecule has 0 saturated heterocycles. The van der Waals surface area contributed by atoms with Crippen LogP contribution in [0.4, 0.5) is 5.69 Å². The van der Waals surface area contributed by atoms with Crippen molar-refractivity contribution in [2.45, 2.75) is 40.2 Å². The summed E-state index contributed by atoms with van der Waals surface area (Å²) in [4.78, 5) is 29.5. The molecule has 0 aliphatic carbocycles. The summed E-state index contributed by atoms with van der Waals surface area (Å²) in [6.45, 7) is 7.86. The van der Waals surface area contributed by atoms with Crippen LogP contribution in [0.1, 0.15) is 41.2 Å². The summed E-state index contributed by atoms with van der Waals surface area (Å²) < 4.78 is 5.23. The van der Waals surface area contributed by atoms with E-state index in [0.29, 0.717) is 17.1 Å². The molecule has 1 unspecified atom stereocenters. The zero-order valence-electron chi connectivity index (χ0n) is 13.7. The van der Waals surface area contributed by atoms with Gasteiger partial charge in [-0.2, -0.15) is 0 Å². The van der Waals surface area contributed by atoms with Crippen LogP contribution >= 0.6 is 11.3 Å². The Hall–Kier alpha value is -2.15. The van der Waals surface area contributed by atoms with Crippen molar-refractivity contribution in [1.82, 2.24) is 10.3 Å². The van der Waals surface area contributed by atoms with Crippen LogP contribution in [-0.4, -0.2) is 29.5 Å². The fourth-order valence-electron chi connectivity index (χ4n) is 2.28. The first-order chi connectivity index (χ1) is 10.8. The molecule has 0 saturated carbocycles. The molecular formula is C16H21N3O3S. The number of nitrogens with one attached hydrogen (secondary N) is 1. The molecule has 2 heterocycles. The van der Waals surface area contributed by atoms with E-state index in [1.165, 1.54) is 11.3 Å². The van der Waals surface area contributed by atoms with Gasteiger partial charge in [-0.05, 0) is 38.8 Å². The van der Waals surface area contributed by atoms with Crippen LogP contribution in [0.2, 0.25) is 0 Å². The minimum atomic E-state index is -0.866. The SMILES string of the molecule is CCCNC(=O)C(C)OC(=O)c1sc2nc(C)cc(C)c2c1N. The van der Waals surface area contributed by atoms with Gasteiger partial charge in [0.15, 0.2) is 6.10 Å². The van der Waals surface area contributed by atoms with Crippen molar-refractivity contribution in [3.05, 3.63) is 22.2 Å². The average Bonchev–Trinajstić information content (AvgIpc) is 2.81. The van der Waals surface area contributed by atoms with E-state index in [-0.39, 0.29) is 10.8 Å². The number of anilines is 1. The number of aromatic nitrogens is 1. The Morgan fingerprint density at radius 2 is 2.13 bits per heavy atom. The largest absolute Gasteiger partial charge is 0.448 e. The third kappa shape index (κ3) is 3.61. The number of nitrogens with two attached hydrogens (primary N) is 1. The molecule has 2 rings (SSSR count). The van der Waals surface area contributed by atoms with Crippen LogP contribution < -0.4 is 11.1 Å². The van der Waals surface area contributed by atoms with E-state index in [0.717, 1.165) is 23.1 Å². The van der Waals surface area contributed by atoms with Crippen LogP contribution in [0.3, 0.4) is 0 Å². The van der Waals surface area contributed by atoms with Gasteiger partial charge in [0.1, 0.15) is 9.71 Å². The fraction of sp³-hybridized carbons (Fsp3) is 0.438. The van der Waals surface area contributed by atoms with Crippen LogP contribution in [0.5, 0.6) is 0 Å². The Bertz CT molecular complexity index is 755. The van der Waals surface area contributed by atoms with Gasteiger partial charge in [-0.3, -0.25) is 4.79 Å². The number of hydrogen-bond acceptors (Lipinski definition) is 6. The highest BCUT2D eigenvalue weighted by Crippen LogP contribution is 2.35. The standard InChI is InChI=1S/C16H21N3O3S/c1-5-6-18-14(20)10(4)22-16(21)13-12(17)11-8(2)7-9(3)19-15(11)23-13/h7,10H,5-6,17H2,1-4H3,(H,18,20). The van der Waals surface area contributed by atoms with Crippen molar-refractivity contribution in [2.24, 2.45) is 0 Å². The smallest absolute Gasteiger partial charge is 0.351 e. The summed E-state index contributed by atoms with van der Waals surface area (Å²) in [5.41, 5.74) is 8.29. The Morgan fingerprint density at radius 3 is 2.78 bits per heavy atom. The average molecular weight is 335 g/mol. The molecule has 0 radical (unpaired) electrons. The lowest BCUT2D eigenvalue weighted by Gasteiger charge is -2.12. The Morgan fingerprint density at radius 1 is 1.43 bits per heavy atom. The molecule has 1 atom stereocenters. The molecule has 0 aliphatic heterocycles. The fourth-order valence-corrected chi connectivity index (χ4v) is 3.38. The number of rotatable bonds is 5. The van der Waals surface area contributed by atoms with Gasteiger partial charge in [0.2, 0.25) is 0 Å². The maximum absolute atomic E-state index is 12.3. The number of nitrogen functional groups attached to an aromatic ring is 1.